The average Bonchev–Trinajstić information content (AvgIpc) is 2.86. The van der Waals surface area contributed by atoms with Gasteiger partial charge in [-0.25, -0.2) is 0 Å². The van der Waals surface area contributed by atoms with E-state index in [0.29, 0.717) is 12.5 Å². The van der Waals surface area contributed by atoms with Crippen LogP contribution in [0.2, 0.25) is 0 Å². The summed E-state index contributed by atoms with van der Waals surface area (Å²) in [5.41, 5.74) is 3.93. The highest BCUT2D eigenvalue weighted by Crippen LogP contribution is 2.32. The number of nitrogens with one attached hydrogen (secondary N) is 2. The summed E-state index contributed by atoms with van der Waals surface area (Å²) in [7, 11) is 1.44. The number of aromatic amines is 1. The van der Waals surface area contributed by atoms with Crippen molar-refractivity contribution in [1.82, 2.24) is 10.3 Å². The van der Waals surface area contributed by atoms with Gasteiger partial charge in [0.25, 0.3) is 0 Å². The number of para-hydroxylation sites is 1. The summed E-state index contributed by atoms with van der Waals surface area (Å²) in [4.78, 5) is 14.7. The molecule has 0 radical (unpaired) electrons. The summed E-state index contributed by atoms with van der Waals surface area (Å²) in [5, 5.41) is 4.88. The Morgan fingerprint density at radius 2 is 2.25 bits per heavy atom. The molecule has 1 atom stereocenters. The minimum Gasteiger partial charge on any atom is -0.469 e. The van der Waals surface area contributed by atoms with E-state index in [1.807, 2.05) is 0 Å². The molecule has 0 spiro atoms. The standard InChI is InChI=1S/C16H20N2O2/c1-20-15(19)8-4-7-14-16-12(9-10-17-14)11-5-2-3-6-13(11)18-16/h2-3,5-6,14,17-18H,4,7-10H2,1H3. The molecule has 0 saturated heterocycles. The zero-order chi connectivity index (χ0) is 13.9. The lowest BCUT2D eigenvalue weighted by Gasteiger charge is -2.24. The summed E-state index contributed by atoms with van der Waals surface area (Å²) < 4.78 is 4.69. The third-order valence-corrected chi connectivity index (χ3v) is 4.06. The number of esters is 1. The van der Waals surface area contributed by atoms with Crippen LogP contribution < -0.4 is 5.32 Å². The van der Waals surface area contributed by atoms with E-state index in [2.05, 4.69) is 39.3 Å². The molecule has 2 heterocycles. The van der Waals surface area contributed by atoms with Crippen LogP contribution in [-0.4, -0.2) is 24.6 Å². The fourth-order valence-corrected chi connectivity index (χ4v) is 3.06. The van der Waals surface area contributed by atoms with Crippen molar-refractivity contribution in [3.63, 3.8) is 0 Å². The van der Waals surface area contributed by atoms with Gasteiger partial charge in [0, 0.05) is 29.1 Å². The molecule has 0 aliphatic carbocycles. The van der Waals surface area contributed by atoms with Crippen molar-refractivity contribution < 1.29 is 9.53 Å². The number of rotatable bonds is 4. The molecule has 3 rings (SSSR count). The van der Waals surface area contributed by atoms with Gasteiger partial charge < -0.3 is 15.0 Å². The third-order valence-electron chi connectivity index (χ3n) is 4.06. The molecule has 2 N–H and O–H groups in total. The number of H-pyrrole nitrogens is 1. The molecular formula is C16H20N2O2. The van der Waals surface area contributed by atoms with Crippen LogP contribution in [0.5, 0.6) is 0 Å². The van der Waals surface area contributed by atoms with E-state index in [1.54, 1.807) is 0 Å². The van der Waals surface area contributed by atoms with E-state index in [0.717, 1.165) is 25.8 Å². The fourth-order valence-electron chi connectivity index (χ4n) is 3.06. The molecule has 106 valence electrons. The Kier molecular flexibility index (Phi) is 3.74. The van der Waals surface area contributed by atoms with Crippen molar-refractivity contribution in [2.45, 2.75) is 31.7 Å². The molecule has 1 unspecified atom stereocenters. The summed E-state index contributed by atoms with van der Waals surface area (Å²) in [6, 6.07) is 8.77. The van der Waals surface area contributed by atoms with Gasteiger partial charge in [0.05, 0.1) is 7.11 Å². The van der Waals surface area contributed by atoms with Crippen molar-refractivity contribution in [2.24, 2.45) is 0 Å². The minimum atomic E-state index is -0.127. The summed E-state index contributed by atoms with van der Waals surface area (Å²) in [6.45, 7) is 0.998. The van der Waals surface area contributed by atoms with Gasteiger partial charge >= 0.3 is 5.97 Å². The summed E-state index contributed by atoms with van der Waals surface area (Å²) in [6.07, 6.45) is 3.35. The highest BCUT2D eigenvalue weighted by atomic mass is 16.5. The molecule has 1 aromatic heterocycles. The van der Waals surface area contributed by atoms with Crippen LogP contribution in [0, 0.1) is 0 Å². The number of methoxy groups -OCH3 is 1. The van der Waals surface area contributed by atoms with E-state index < -0.39 is 0 Å². The van der Waals surface area contributed by atoms with E-state index in [-0.39, 0.29) is 5.97 Å². The van der Waals surface area contributed by atoms with Crippen LogP contribution in [0.15, 0.2) is 24.3 Å². The monoisotopic (exact) mass is 272 g/mol. The Morgan fingerprint density at radius 1 is 1.40 bits per heavy atom. The molecule has 0 fully saturated rings. The van der Waals surface area contributed by atoms with Crippen LogP contribution in [-0.2, 0) is 16.0 Å². The molecule has 20 heavy (non-hydrogen) atoms. The molecule has 4 heteroatoms. The van der Waals surface area contributed by atoms with Crippen molar-refractivity contribution in [1.29, 1.82) is 0 Å². The number of fused-ring (bicyclic) bond motifs is 3. The first-order valence-electron chi connectivity index (χ1n) is 7.19. The molecule has 0 saturated carbocycles. The average molecular weight is 272 g/mol. The van der Waals surface area contributed by atoms with Crippen molar-refractivity contribution in [3.8, 4) is 0 Å². The van der Waals surface area contributed by atoms with Crippen LogP contribution in [0.4, 0.5) is 0 Å². The van der Waals surface area contributed by atoms with Gasteiger partial charge in [-0.3, -0.25) is 4.79 Å². The maximum atomic E-state index is 11.2. The Bertz CT molecular complexity index is 618. The summed E-state index contributed by atoms with van der Waals surface area (Å²) in [5.74, 6) is -0.127. The molecule has 4 nitrogen and oxygen atoms in total. The number of aromatic nitrogens is 1. The van der Waals surface area contributed by atoms with E-state index in [1.165, 1.54) is 29.3 Å². The Balaban J connectivity index is 1.78. The van der Waals surface area contributed by atoms with Gasteiger partial charge in [-0.1, -0.05) is 18.2 Å². The predicted molar refractivity (Wildman–Crippen MR) is 78.6 cm³/mol. The largest absolute Gasteiger partial charge is 0.469 e. The number of carbonyl (C=O) groups excluding carboxylic acids is 1. The minimum absolute atomic E-state index is 0.127. The van der Waals surface area contributed by atoms with E-state index in [4.69, 9.17) is 0 Å². The zero-order valence-corrected chi connectivity index (χ0v) is 11.7. The van der Waals surface area contributed by atoms with Crippen LogP contribution >= 0.6 is 0 Å². The number of ether oxygens (including phenoxy) is 1. The van der Waals surface area contributed by atoms with Gasteiger partial charge in [0.15, 0.2) is 0 Å². The van der Waals surface area contributed by atoms with Gasteiger partial charge in [-0.15, -0.1) is 0 Å². The Hall–Kier alpha value is -1.81. The maximum absolute atomic E-state index is 11.2. The lowest BCUT2D eigenvalue weighted by Crippen LogP contribution is -2.29. The summed E-state index contributed by atoms with van der Waals surface area (Å²) >= 11 is 0. The van der Waals surface area contributed by atoms with Gasteiger partial charge in [-0.2, -0.15) is 0 Å². The molecule has 2 aromatic rings. The zero-order valence-electron chi connectivity index (χ0n) is 11.7. The lowest BCUT2D eigenvalue weighted by molar-refractivity contribution is -0.140. The molecule has 1 aromatic carbocycles. The molecule has 1 aliphatic heterocycles. The number of hydrogen-bond donors (Lipinski definition) is 2. The van der Waals surface area contributed by atoms with E-state index >= 15 is 0 Å². The quantitative estimate of drug-likeness (QED) is 0.841. The van der Waals surface area contributed by atoms with Gasteiger partial charge in [-0.05, 0) is 37.4 Å². The lowest BCUT2D eigenvalue weighted by atomic mass is 9.96. The van der Waals surface area contributed by atoms with Crippen molar-refractivity contribution >= 4 is 16.9 Å². The number of hydrogen-bond acceptors (Lipinski definition) is 3. The van der Waals surface area contributed by atoms with Crippen LogP contribution in [0.25, 0.3) is 10.9 Å². The highest BCUT2D eigenvalue weighted by molar-refractivity contribution is 5.85. The maximum Gasteiger partial charge on any atom is 0.305 e. The van der Waals surface area contributed by atoms with Crippen LogP contribution in [0.3, 0.4) is 0 Å². The predicted octanol–water partition coefficient (Wildman–Crippen LogP) is 2.70. The third kappa shape index (κ3) is 2.43. The molecule has 0 bridgehead atoms. The fraction of sp³-hybridized carbons (Fsp3) is 0.438. The number of benzene rings is 1. The van der Waals surface area contributed by atoms with Gasteiger partial charge in [0.2, 0.25) is 0 Å². The van der Waals surface area contributed by atoms with Crippen LogP contribution in [0.1, 0.15) is 36.6 Å². The first kappa shape index (κ1) is 13.2. The molecule has 1 aliphatic rings. The second-order valence-corrected chi connectivity index (χ2v) is 5.29. The smallest absolute Gasteiger partial charge is 0.305 e. The van der Waals surface area contributed by atoms with Crippen molar-refractivity contribution in [2.75, 3.05) is 13.7 Å². The molecular weight excluding hydrogens is 252 g/mol. The SMILES string of the molecule is COC(=O)CCCC1NCCc2c1[nH]c1ccccc21. The van der Waals surface area contributed by atoms with Gasteiger partial charge in [0.1, 0.15) is 0 Å². The Labute approximate surface area is 118 Å². The topological polar surface area (TPSA) is 54.1 Å². The first-order chi connectivity index (χ1) is 9.79. The molecule has 0 amide bonds. The number of carbonyl (C=O) groups is 1. The van der Waals surface area contributed by atoms with Crippen molar-refractivity contribution in [3.05, 3.63) is 35.5 Å². The second-order valence-electron chi connectivity index (χ2n) is 5.29. The Morgan fingerprint density at radius 3 is 3.10 bits per heavy atom. The second kappa shape index (κ2) is 5.67. The first-order valence-corrected chi connectivity index (χ1v) is 7.19. The normalized spacial score (nSPS) is 17.9. The van der Waals surface area contributed by atoms with E-state index in [9.17, 15) is 4.79 Å². The highest BCUT2D eigenvalue weighted by Gasteiger charge is 2.23.